The number of unbranched alkanes of at least 4 members (excludes halogenated alkanes) is 39. The molecule has 96 heavy (non-hydrogen) atoms. The normalized spacial score (nSPS) is 27.3. The first-order valence-electron chi connectivity index (χ1n) is 38.9. The molecule has 3 aliphatic rings. The van der Waals surface area contributed by atoms with Crippen molar-refractivity contribution in [2.24, 2.45) is 0 Å². The molecule has 19 nitrogen and oxygen atoms in total. The van der Waals surface area contributed by atoms with Crippen molar-refractivity contribution in [1.82, 2.24) is 5.32 Å². The zero-order valence-electron chi connectivity index (χ0n) is 59.9. The van der Waals surface area contributed by atoms with E-state index in [9.17, 15) is 61.0 Å². The molecule has 3 heterocycles. The van der Waals surface area contributed by atoms with Gasteiger partial charge in [-0.25, -0.2) is 0 Å². The minimum atomic E-state index is -1.98. The lowest BCUT2D eigenvalue weighted by Crippen LogP contribution is -2.66. The number of rotatable bonds is 61. The second kappa shape index (κ2) is 58.3. The van der Waals surface area contributed by atoms with Crippen LogP contribution < -0.4 is 5.32 Å². The van der Waals surface area contributed by atoms with Gasteiger partial charge in [-0.2, -0.15) is 0 Å². The fourth-order valence-electron chi connectivity index (χ4n) is 13.1. The Balaban J connectivity index is 1.40. The Kier molecular flexibility index (Phi) is 53.4. The Bertz CT molecular complexity index is 1930. The molecule has 3 rings (SSSR count). The van der Waals surface area contributed by atoms with Gasteiger partial charge in [-0.1, -0.05) is 287 Å². The highest BCUT2D eigenvalue weighted by Gasteiger charge is 2.53. The van der Waals surface area contributed by atoms with Crippen molar-refractivity contribution in [2.75, 3.05) is 26.4 Å². The molecule has 0 saturated carbocycles. The summed E-state index contributed by atoms with van der Waals surface area (Å²) in [6, 6.07) is -0.980. The Labute approximate surface area is 580 Å². The van der Waals surface area contributed by atoms with Crippen LogP contribution in [0.2, 0.25) is 0 Å². The van der Waals surface area contributed by atoms with E-state index in [1.165, 1.54) is 205 Å². The van der Waals surface area contributed by atoms with E-state index in [-0.39, 0.29) is 18.9 Å². The smallest absolute Gasteiger partial charge is 0.220 e. The van der Waals surface area contributed by atoms with Gasteiger partial charge in [0.2, 0.25) is 5.91 Å². The molecule has 0 spiro atoms. The summed E-state index contributed by atoms with van der Waals surface area (Å²) in [5, 5.41) is 121. The standard InChI is InChI=1S/C77H141NO18/c1-3-5-7-9-11-13-15-17-19-21-23-25-27-28-29-30-31-33-34-36-38-40-42-44-46-48-50-52-54-61(82)60(78-65(83)55-53-51-49-47-45-43-41-39-37-35-32-26-24-22-20-18-16-14-12-10-8-6-4-2)59-91-75-71(89)68(86)73(63(57-80)93-75)96-77-72(90)69(87)74(64(58-81)94-77)95-76-70(88)67(85)66(84)62(56-79)92-76/h16,18,22,24,32,35,52,54,60-64,66-77,79-82,84-90H,3-15,17,19-21,23,25-31,33-34,36-51,53,55-59H2,1-2H3,(H,78,83)/b18-16-,24-22-,35-32-,54-52+. The van der Waals surface area contributed by atoms with Crippen LogP contribution in [0.3, 0.4) is 0 Å². The molecule has 0 aromatic rings. The Hall–Kier alpha value is -2.25. The molecule has 0 bridgehead atoms. The molecule has 17 atom stereocenters. The fraction of sp³-hybridized carbons (Fsp3) is 0.883. The van der Waals surface area contributed by atoms with Gasteiger partial charge in [0.25, 0.3) is 0 Å². The number of aliphatic hydroxyl groups is 11. The summed E-state index contributed by atoms with van der Waals surface area (Å²) >= 11 is 0. The third kappa shape index (κ3) is 38.7. The van der Waals surface area contributed by atoms with Gasteiger partial charge in [-0.15, -0.1) is 0 Å². The molecule has 562 valence electrons. The fourth-order valence-corrected chi connectivity index (χ4v) is 13.1. The second-order valence-corrected chi connectivity index (χ2v) is 27.8. The quantitative estimate of drug-likeness (QED) is 0.0199. The summed E-state index contributed by atoms with van der Waals surface area (Å²) in [6.45, 7) is 1.75. The summed E-state index contributed by atoms with van der Waals surface area (Å²) in [4.78, 5) is 13.5. The van der Waals surface area contributed by atoms with Gasteiger partial charge >= 0.3 is 0 Å². The number of hydrogen-bond donors (Lipinski definition) is 12. The summed E-state index contributed by atoms with van der Waals surface area (Å²) in [7, 11) is 0. The number of allylic oxidation sites excluding steroid dienone is 7. The molecular weight excluding hydrogens is 1230 g/mol. The molecule has 0 aromatic carbocycles. The van der Waals surface area contributed by atoms with E-state index in [2.05, 4.69) is 55.6 Å². The van der Waals surface area contributed by atoms with Gasteiger partial charge in [0, 0.05) is 6.42 Å². The monoisotopic (exact) mass is 1370 g/mol. The highest BCUT2D eigenvalue weighted by atomic mass is 16.8. The highest BCUT2D eigenvalue weighted by Crippen LogP contribution is 2.33. The van der Waals surface area contributed by atoms with Crippen molar-refractivity contribution in [1.29, 1.82) is 0 Å². The van der Waals surface area contributed by atoms with Crippen LogP contribution >= 0.6 is 0 Å². The molecule has 12 N–H and O–H groups in total. The Morgan fingerprint density at radius 3 is 1.07 bits per heavy atom. The Morgan fingerprint density at radius 2 is 0.688 bits per heavy atom. The van der Waals surface area contributed by atoms with Crippen molar-refractivity contribution in [3.05, 3.63) is 48.6 Å². The van der Waals surface area contributed by atoms with Crippen LogP contribution in [0.25, 0.3) is 0 Å². The van der Waals surface area contributed by atoms with E-state index in [0.29, 0.717) is 6.42 Å². The topological polar surface area (TPSA) is 307 Å². The van der Waals surface area contributed by atoms with Crippen LogP contribution in [0.5, 0.6) is 0 Å². The zero-order valence-corrected chi connectivity index (χ0v) is 59.9. The molecule has 1 amide bonds. The summed E-state index contributed by atoms with van der Waals surface area (Å²) in [5.74, 6) is -0.280. The van der Waals surface area contributed by atoms with E-state index in [4.69, 9.17) is 28.4 Å². The second-order valence-electron chi connectivity index (χ2n) is 27.8. The first kappa shape index (κ1) is 88.0. The van der Waals surface area contributed by atoms with Crippen molar-refractivity contribution < 1.29 is 89.4 Å². The number of nitrogens with one attached hydrogen (secondary N) is 1. The third-order valence-electron chi connectivity index (χ3n) is 19.4. The van der Waals surface area contributed by atoms with E-state index in [1.807, 2.05) is 6.08 Å². The van der Waals surface area contributed by atoms with Crippen LogP contribution in [-0.4, -0.2) is 193 Å². The molecular formula is C77H141NO18. The predicted molar refractivity (Wildman–Crippen MR) is 379 cm³/mol. The SMILES string of the molecule is CCCCCCC/C=C\C/C=C\C/C=C\CCCCCCCCCCC(=O)NC(COC1OC(CO)C(OC2OC(CO)C(OC3OC(CO)C(O)C(O)C3O)C(O)C2O)C(O)C1O)C(O)/C=C/CCCCCCCCCCCCCCCCCCCCCCCCCCCC. The molecule has 19 heteroatoms. The van der Waals surface area contributed by atoms with Crippen molar-refractivity contribution in [3.8, 4) is 0 Å². The number of aliphatic hydroxyl groups excluding tert-OH is 11. The van der Waals surface area contributed by atoms with Gasteiger partial charge in [0.05, 0.1) is 38.6 Å². The van der Waals surface area contributed by atoms with E-state index < -0.39 is 124 Å². The van der Waals surface area contributed by atoms with Crippen molar-refractivity contribution >= 4 is 5.91 Å². The summed E-state index contributed by atoms with van der Waals surface area (Å²) < 4.78 is 34.4. The van der Waals surface area contributed by atoms with Gasteiger partial charge in [-0.3, -0.25) is 4.79 Å². The number of carbonyl (C=O) groups excluding carboxylic acids is 1. The first-order valence-corrected chi connectivity index (χ1v) is 38.9. The molecule has 3 saturated heterocycles. The van der Waals surface area contributed by atoms with Gasteiger partial charge in [0.15, 0.2) is 18.9 Å². The largest absolute Gasteiger partial charge is 0.394 e. The van der Waals surface area contributed by atoms with Gasteiger partial charge in [0.1, 0.15) is 73.2 Å². The number of carbonyl (C=O) groups is 1. The number of amides is 1. The van der Waals surface area contributed by atoms with Crippen molar-refractivity contribution in [3.63, 3.8) is 0 Å². The summed E-state index contributed by atoms with van der Waals surface area (Å²) in [6.07, 6.45) is 45.1. The molecule has 3 fully saturated rings. The average molecular weight is 1370 g/mol. The molecule has 0 aromatic heterocycles. The number of ether oxygens (including phenoxy) is 6. The maximum Gasteiger partial charge on any atom is 0.220 e. The van der Waals surface area contributed by atoms with Crippen LogP contribution in [-0.2, 0) is 33.2 Å². The minimum Gasteiger partial charge on any atom is -0.394 e. The average Bonchev–Trinajstić information content (AvgIpc) is 0.788. The van der Waals surface area contributed by atoms with E-state index in [0.717, 1.165) is 70.6 Å². The molecule has 17 unspecified atom stereocenters. The van der Waals surface area contributed by atoms with E-state index >= 15 is 0 Å². The van der Waals surface area contributed by atoms with Crippen molar-refractivity contribution in [2.45, 2.75) is 407 Å². The third-order valence-corrected chi connectivity index (χ3v) is 19.4. The number of hydrogen-bond acceptors (Lipinski definition) is 18. The van der Waals surface area contributed by atoms with Crippen LogP contribution in [0.4, 0.5) is 0 Å². The molecule has 0 radical (unpaired) electrons. The maximum atomic E-state index is 13.5. The highest BCUT2D eigenvalue weighted by molar-refractivity contribution is 5.76. The Morgan fingerprint density at radius 1 is 0.375 bits per heavy atom. The van der Waals surface area contributed by atoms with Gasteiger partial charge in [-0.05, 0) is 57.8 Å². The molecule has 0 aliphatic carbocycles. The van der Waals surface area contributed by atoms with Crippen LogP contribution in [0.1, 0.15) is 303 Å². The van der Waals surface area contributed by atoms with Crippen LogP contribution in [0.15, 0.2) is 48.6 Å². The lowest BCUT2D eigenvalue weighted by molar-refractivity contribution is -0.379. The van der Waals surface area contributed by atoms with Gasteiger partial charge < -0.3 is 89.9 Å². The summed E-state index contributed by atoms with van der Waals surface area (Å²) in [5.41, 5.74) is 0. The minimum absolute atomic E-state index is 0.234. The first-order chi connectivity index (χ1) is 46.8. The lowest BCUT2D eigenvalue weighted by atomic mass is 9.96. The van der Waals surface area contributed by atoms with Crippen LogP contribution in [0, 0.1) is 0 Å². The maximum absolute atomic E-state index is 13.5. The lowest BCUT2D eigenvalue weighted by Gasteiger charge is -2.48. The molecule has 3 aliphatic heterocycles. The zero-order chi connectivity index (χ0) is 69.6. The van der Waals surface area contributed by atoms with E-state index in [1.54, 1.807) is 6.08 Å². The predicted octanol–water partition coefficient (Wildman–Crippen LogP) is 12.1.